The zero-order valence-corrected chi connectivity index (χ0v) is 11.6. The molecule has 0 fully saturated rings. The summed E-state index contributed by atoms with van der Waals surface area (Å²) in [5, 5.41) is 8.82. The predicted octanol–water partition coefficient (Wildman–Crippen LogP) is 2.64. The summed E-state index contributed by atoms with van der Waals surface area (Å²) in [4.78, 5) is 0.142. The van der Waals surface area contributed by atoms with Crippen LogP contribution in [0.2, 0.25) is 0 Å². The molecule has 4 nitrogen and oxygen atoms in total. The highest BCUT2D eigenvalue weighted by molar-refractivity contribution is 7.86. The summed E-state index contributed by atoms with van der Waals surface area (Å²) in [5.74, 6) is 0. The normalized spacial score (nSPS) is 12.1. The van der Waals surface area contributed by atoms with Crippen molar-refractivity contribution >= 4 is 10.1 Å². The maximum Gasteiger partial charge on any atom is 0.296 e. The van der Waals surface area contributed by atoms with E-state index in [1.54, 1.807) is 26.0 Å². The van der Waals surface area contributed by atoms with Crippen LogP contribution in [0.5, 0.6) is 0 Å². The summed E-state index contributed by atoms with van der Waals surface area (Å²) in [5.41, 5.74) is 0.405. The Kier molecular flexibility index (Phi) is 4.49. The SMILES string of the molecule is Cc1ccc(S(=O)(=O)OCCC(C)(C)C#N)cc1. The zero-order valence-electron chi connectivity index (χ0n) is 10.8. The van der Waals surface area contributed by atoms with E-state index in [0.717, 1.165) is 5.56 Å². The quantitative estimate of drug-likeness (QED) is 0.769. The topological polar surface area (TPSA) is 67.2 Å². The molecule has 0 aliphatic heterocycles. The minimum absolute atomic E-state index is 0.0107. The first-order chi connectivity index (χ1) is 8.27. The average Bonchev–Trinajstić information content (AvgIpc) is 2.29. The third kappa shape index (κ3) is 4.13. The maximum absolute atomic E-state index is 11.8. The lowest BCUT2D eigenvalue weighted by Crippen LogP contribution is -2.15. The van der Waals surface area contributed by atoms with Gasteiger partial charge in [0.05, 0.1) is 23.0 Å². The largest absolute Gasteiger partial charge is 0.296 e. The molecule has 0 aliphatic rings. The second kappa shape index (κ2) is 5.51. The van der Waals surface area contributed by atoms with Crippen LogP contribution in [0.15, 0.2) is 29.2 Å². The molecule has 0 spiro atoms. The number of nitrogens with zero attached hydrogens (tertiary/aromatic N) is 1. The molecular formula is C13H17NO3S. The molecule has 0 bridgehead atoms. The van der Waals surface area contributed by atoms with E-state index in [2.05, 4.69) is 6.07 Å². The van der Waals surface area contributed by atoms with E-state index < -0.39 is 15.5 Å². The van der Waals surface area contributed by atoms with Gasteiger partial charge < -0.3 is 0 Å². The summed E-state index contributed by atoms with van der Waals surface area (Å²) in [6.07, 6.45) is 0.370. The smallest absolute Gasteiger partial charge is 0.266 e. The van der Waals surface area contributed by atoms with Crippen LogP contribution in [0.25, 0.3) is 0 Å². The first-order valence-corrected chi connectivity index (χ1v) is 7.05. The molecule has 1 aromatic carbocycles. The van der Waals surface area contributed by atoms with Crippen LogP contribution in [0, 0.1) is 23.7 Å². The summed E-state index contributed by atoms with van der Waals surface area (Å²) in [6, 6.07) is 8.56. The predicted molar refractivity (Wildman–Crippen MR) is 68.3 cm³/mol. The Morgan fingerprint density at radius 1 is 1.28 bits per heavy atom. The Bertz CT molecular complexity index is 539. The van der Waals surface area contributed by atoms with Gasteiger partial charge in [-0.2, -0.15) is 13.7 Å². The highest BCUT2D eigenvalue weighted by Crippen LogP contribution is 2.20. The molecule has 0 aliphatic carbocycles. The van der Waals surface area contributed by atoms with E-state index in [9.17, 15) is 8.42 Å². The maximum atomic E-state index is 11.8. The van der Waals surface area contributed by atoms with Gasteiger partial charge in [-0.05, 0) is 39.3 Å². The molecule has 5 heteroatoms. The monoisotopic (exact) mass is 267 g/mol. The fraction of sp³-hybridized carbons (Fsp3) is 0.462. The molecule has 0 saturated carbocycles. The van der Waals surface area contributed by atoms with Gasteiger partial charge in [0.25, 0.3) is 10.1 Å². The van der Waals surface area contributed by atoms with Crippen LogP contribution in [-0.4, -0.2) is 15.0 Å². The second-order valence-corrected chi connectivity index (χ2v) is 6.45. The van der Waals surface area contributed by atoms with Crippen LogP contribution in [0.3, 0.4) is 0 Å². The zero-order chi connectivity index (χ0) is 13.8. The molecule has 0 unspecified atom stereocenters. The van der Waals surface area contributed by atoms with Crippen molar-refractivity contribution < 1.29 is 12.6 Å². The number of benzene rings is 1. The molecule has 0 N–H and O–H groups in total. The van der Waals surface area contributed by atoms with Crippen molar-refractivity contribution in [2.75, 3.05) is 6.61 Å². The molecule has 0 heterocycles. The number of hydrogen-bond acceptors (Lipinski definition) is 4. The van der Waals surface area contributed by atoms with Gasteiger partial charge in [0, 0.05) is 0 Å². The molecule has 98 valence electrons. The summed E-state index contributed by atoms with van der Waals surface area (Å²) >= 11 is 0. The fourth-order valence-corrected chi connectivity index (χ4v) is 2.14. The number of nitriles is 1. The molecule has 1 rings (SSSR count). The Balaban J connectivity index is 2.67. The van der Waals surface area contributed by atoms with Gasteiger partial charge in [0.1, 0.15) is 0 Å². The molecule has 0 radical (unpaired) electrons. The second-order valence-electron chi connectivity index (χ2n) is 4.83. The molecule has 0 amide bonds. The van der Waals surface area contributed by atoms with Crippen molar-refractivity contribution in [2.45, 2.75) is 32.1 Å². The lowest BCUT2D eigenvalue weighted by molar-refractivity contribution is 0.268. The standard InChI is InChI=1S/C13H17NO3S/c1-11-4-6-12(7-5-11)18(15,16)17-9-8-13(2,3)10-14/h4-7H,8-9H2,1-3H3. The highest BCUT2D eigenvalue weighted by atomic mass is 32.2. The average molecular weight is 267 g/mol. The van der Waals surface area contributed by atoms with E-state index in [1.807, 2.05) is 6.92 Å². The van der Waals surface area contributed by atoms with Crippen molar-refractivity contribution in [1.82, 2.24) is 0 Å². The molecule has 0 saturated heterocycles. The van der Waals surface area contributed by atoms with E-state index in [0.29, 0.717) is 6.42 Å². The minimum atomic E-state index is -3.72. The number of rotatable bonds is 5. The third-order valence-corrected chi connectivity index (χ3v) is 3.90. The fourth-order valence-electron chi connectivity index (χ4n) is 1.24. The first-order valence-electron chi connectivity index (χ1n) is 5.64. The van der Waals surface area contributed by atoms with Gasteiger partial charge in [-0.15, -0.1) is 0 Å². The van der Waals surface area contributed by atoms with Crippen LogP contribution in [-0.2, 0) is 14.3 Å². The Morgan fingerprint density at radius 2 is 1.83 bits per heavy atom. The number of aryl methyl sites for hydroxylation is 1. The molecule has 0 aromatic heterocycles. The van der Waals surface area contributed by atoms with Gasteiger partial charge in [0.2, 0.25) is 0 Å². The summed E-state index contributed by atoms with van der Waals surface area (Å²) in [6.45, 7) is 5.38. The van der Waals surface area contributed by atoms with Crippen molar-refractivity contribution in [1.29, 1.82) is 5.26 Å². The van der Waals surface area contributed by atoms with Crippen molar-refractivity contribution in [3.05, 3.63) is 29.8 Å². The van der Waals surface area contributed by atoms with Gasteiger partial charge >= 0.3 is 0 Å². The summed E-state index contributed by atoms with van der Waals surface area (Å²) < 4.78 is 28.5. The van der Waals surface area contributed by atoms with Crippen molar-refractivity contribution in [3.8, 4) is 6.07 Å². The van der Waals surface area contributed by atoms with Gasteiger partial charge in [0.15, 0.2) is 0 Å². The van der Waals surface area contributed by atoms with Crippen LogP contribution in [0.1, 0.15) is 25.8 Å². The Labute approximate surface area is 108 Å². The van der Waals surface area contributed by atoms with E-state index in [1.165, 1.54) is 12.1 Å². The van der Waals surface area contributed by atoms with Crippen LogP contribution in [0.4, 0.5) is 0 Å². The lowest BCUT2D eigenvalue weighted by Gasteiger charge is -2.14. The van der Waals surface area contributed by atoms with Crippen molar-refractivity contribution in [3.63, 3.8) is 0 Å². The van der Waals surface area contributed by atoms with E-state index in [-0.39, 0.29) is 11.5 Å². The lowest BCUT2D eigenvalue weighted by atomic mass is 9.92. The van der Waals surface area contributed by atoms with E-state index >= 15 is 0 Å². The summed E-state index contributed by atoms with van der Waals surface area (Å²) in [7, 11) is -3.72. The molecular weight excluding hydrogens is 250 g/mol. The van der Waals surface area contributed by atoms with Gasteiger partial charge in [-0.25, -0.2) is 0 Å². The van der Waals surface area contributed by atoms with Crippen LogP contribution < -0.4 is 0 Å². The van der Waals surface area contributed by atoms with Gasteiger partial charge in [-0.1, -0.05) is 17.7 Å². The number of hydrogen-bond donors (Lipinski definition) is 0. The third-order valence-electron chi connectivity index (χ3n) is 2.58. The molecule has 0 atom stereocenters. The van der Waals surface area contributed by atoms with E-state index in [4.69, 9.17) is 9.44 Å². The molecule has 1 aromatic rings. The molecule has 18 heavy (non-hydrogen) atoms. The van der Waals surface area contributed by atoms with Crippen LogP contribution >= 0.6 is 0 Å². The Hall–Kier alpha value is -1.38. The van der Waals surface area contributed by atoms with Gasteiger partial charge in [-0.3, -0.25) is 4.18 Å². The highest BCUT2D eigenvalue weighted by Gasteiger charge is 2.20. The minimum Gasteiger partial charge on any atom is -0.266 e. The Morgan fingerprint density at radius 3 is 2.33 bits per heavy atom. The van der Waals surface area contributed by atoms with Crippen molar-refractivity contribution in [2.24, 2.45) is 5.41 Å². The first kappa shape index (κ1) is 14.7.